The maximum atomic E-state index is 6.05. The molecule has 0 aliphatic carbocycles. The molecule has 1 atom stereocenters. The zero-order chi connectivity index (χ0) is 15.2. The van der Waals surface area contributed by atoms with E-state index in [-0.39, 0.29) is 6.04 Å². The molecular formula is C18H23NOS. The lowest BCUT2D eigenvalue weighted by Crippen LogP contribution is -2.21. The van der Waals surface area contributed by atoms with Gasteiger partial charge >= 0.3 is 0 Å². The number of methoxy groups -OCH3 is 1. The molecule has 0 spiro atoms. The molecule has 21 heavy (non-hydrogen) atoms. The summed E-state index contributed by atoms with van der Waals surface area (Å²) in [6.45, 7) is 4.29. The Bertz CT molecular complexity index is 598. The lowest BCUT2D eigenvalue weighted by Gasteiger charge is -2.12. The first-order valence-corrected chi connectivity index (χ1v) is 8.11. The van der Waals surface area contributed by atoms with Crippen LogP contribution in [0.15, 0.2) is 52.3 Å². The van der Waals surface area contributed by atoms with Gasteiger partial charge in [0.1, 0.15) is 5.75 Å². The molecule has 0 saturated carbocycles. The van der Waals surface area contributed by atoms with Crippen LogP contribution in [0.2, 0.25) is 0 Å². The second kappa shape index (κ2) is 7.53. The van der Waals surface area contributed by atoms with Gasteiger partial charge in [0.2, 0.25) is 0 Å². The fourth-order valence-corrected chi connectivity index (χ4v) is 3.15. The summed E-state index contributed by atoms with van der Waals surface area (Å²) in [5.74, 6) is 0.891. The third kappa shape index (κ3) is 4.51. The molecule has 3 heteroatoms. The van der Waals surface area contributed by atoms with Gasteiger partial charge in [0.25, 0.3) is 0 Å². The van der Waals surface area contributed by atoms with Gasteiger partial charge < -0.3 is 10.5 Å². The molecule has 0 aromatic heterocycles. The number of ether oxygens (including phenoxy) is 1. The lowest BCUT2D eigenvalue weighted by molar-refractivity contribution is 0.413. The van der Waals surface area contributed by atoms with E-state index in [2.05, 4.69) is 44.2 Å². The molecule has 2 nitrogen and oxygen atoms in total. The van der Waals surface area contributed by atoms with E-state index in [4.69, 9.17) is 10.5 Å². The SMILES string of the molecule is CCC(N)Cc1ccc(Sc2cccc(OC)c2)cc1C. The standard InChI is InChI=1S/C18H23NOS/c1-4-15(19)11-14-8-9-18(10-13(14)2)21-17-7-5-6-16(12-17)20-3/h5-10,12,15H,4,11,19H2,1-3H3. The van der Waals surface area contributed by atoms with Crippen LogP contribution in [0.3, 0.4) is 0 Å². The zero-order valence-corrected chi connectivity index (χ0v) is 13.7. The number of aryl methyl sites for hydroxylation is 1. The van der Waals surface area contributed by atoms with Gasteiger partial charge in [0.15, 0.2) is 0 Å². The first-order chi connectivity index (χ1) is 10.1. The van der Waals surface area contributed by atoms with E-state index in [1.54, 1.807) is 18.9 Å². The lowest BCUT2D eigenvalue weighted by atomic mass is 10.0. The second-order valence-corrected chi connectivity index (χ2v) is 6.39. The van der Waals surface area contributed by atoms with Crippen molar-refractivity contribution in [1.29, 1.82) is 0 Å². The van der Waals surface area contributed by atoms with Crippen molar-refractivity contribution in [3.63, 3.8) is 0 Å². The van der Waals surface area contributed by atoms with E-state index in [0.717, 1.165) is 18.6 Å². The Labute approximate surface area is 131 Å². The van der Waals surface area contributed by atoms with Crippen molar-refractivity contribution in [2.75, 3.05) is 7.11 Å². The Kier molecular flexibility index (Phi) is 5.71. The maximum Gasteiger partial charge on any atom is 0.119 e. The van der Waals surface area contributed by atoms with Crippen LogP contribution in [0.5, 0.6) is 5.75 Å². The predicted molar refractivity (Wildman–Crippen MR) is 90.3 cm³/mol. The molecule has 0 radical (unpaired) electrons. The second-order valence-electron chi connectivity index (χ2n) is 5.24. The highest BCUT2D eigenvalue weighted by molar-refractivity contribution is 7.99. The molecule has 2 aromatic rings. The van der Waals surface area contributed by atoms with Crippen molar-refractivity contribution in [2.24, 2.45) is 5.73 Å². The van der Waals surface area contributed by atoms with Crippen LogP contribution in [0.4, 0.5) is 0 Å². The van der Waals surface area contributed by atoms with Crippen molar-refractivity contribution in [1.82, 2.24) is 0 Å². The summed E-state index contributed by atoms with van der Waals surface area (Å²) in [7, 11) is 1.69. The normalized spacial score (nSPS) is 12.2. The first kappa shape index (κ1) is 15.9. The van der Waals surface area contributed by atoms with Crippen LogP contribution in [-0.4, -0.2) is 13.2 Å². The Morgan fingerprint density at radius 3 is 2.57 bits per heavy atom. The number of hydrogen-bond donors (Lipinski definition) is 1. The number of nitrogens with two attached hydrogens (primary N) is 1. The van der Waals surface area contributed by atoms with E-state index >= 15 is 0 Å². The molecule has 0 saturated heterocycles. The van der Waals surface area contributed by atoms with Crippen molar-refractivity contribution < 1.29 is 4.74 Å². The van der Waals surface area contributed by atoms with Crippen molar-refractivity contribution in [3.8, 4) is 5.75 Å². The molecule has 0 aliphatic heterocycles. The topological polar surface area (TPSA) is 35.2 Å². The van der Waals surface area contributed by atoms with Crippen molar-refractivity contribution in [3.05, 3.63) is 53.6 Å². The third-order valence-electron chi connectivity index (χ3n) is 3.60. The van der Waals surface area contributed by atoms with Crippen molar-refractivity contribution >= 4 is 11.8 Å². The summed E-state index contributed by atoms with van der Waals surface area (Å²) >= 11 is 1.75. The van der Waals surface area contributed by atoms with Crippen LogP contribution in [0.1, 0.15) is 24.5 Å². The van der Waals surface area contributed by atoms with Crippen LogP contribution in [-0.2, 0) is 6.42 Å². The zero-order valence-electron chi connectivity index (χ0n) is 12.9. The summed E-state index contributed by atoms with van der Waals surface area (Å²) < 4.78 is 5.26. The summed E-state index contributed by atoms with van der Waals surface area (Å²) in [5, 5.41) is 0. The Balaban J connectivity index is 2.12. The molecular weight excluding hydrogens is 278 g/mol. The molecule has 2 aromatic carbocycles. The van der Waals surface area contributed by atoms with Gasteiger partial charge in [-0.05, 0) is 61.2 Å². The predicted octanol–water partition coefficient (Wildman–Crippen LogP) is 4.43. The summed E-state index contributed by atoms with van der Waals surface area (Å²) in [6.07, 6.45) is 1.96. The molecule has 2 N–H and O–H groups in total. The molecule has 1 unspecified atom stereocenters. The number of benzene rings is 2. The molecule has 0 bridgehead atoms. The van der Waals surface area contributed by atoms with Gasteiger partial charge in [-0.1, -0.05) is 30.8 Å². The van der Waals surface area contributed by atoms with Gasteiger partial charge in [-0.2, -0.15) is 0 Å². The third-order valence-corrected chi connectivity index (χ3v) is 4.58. The average Bonchev–Trinajstić information content (AvgIpc) is 2.50. The molecule has 0 heterocycles. The average molecular weight is 301 g/mol. The van der Waals surface area contributed by atoms with Crippen LogP contribution < -0.4 is 10.5 Å². The minimum Gasteiger partial charge on any atom is -0.497 e. The number of rotatable bonds is 6. The Morgan fingerprint density at radius 1 is 1.14 bits per heavy atom. The van der Waals surface area contributed by atoms with E-state index < -0.39 is 0 Å². The van der Waals surface area contributed by atoms with Gasteiger partial charge in [-0.25, -0.2) is 0 Å². The maximum absolute atomic E-state index is 6.05. The molecule has 2 rings (SSSR count). The smallest absolute Gasteiger partial charge is 0.119 e. The molecule has 0 aliphatic rings. The summed E-state index contributed by atoms with van der Waals surface area (Å²) in [5.41, 5.74) is 8.71. The monoisotopic (exact) mass is 301 g/mol. The highest BCUT2D eigenvalue weighted by Gasteiger charge is 2.06. The van der Waals surface area contributed by atoms with Gasteiger partial charge in [-0.3, -0.25) is 0 Å². The van der Waals surface area contributed by atoms with Gasteiger partial charge in [0, 0.05) is 15.8 Å². The molecule has 0 amide bonds. The summed E-state index contributed by atoms with van der Waals surface area (Å²) in [6, 6.07) is 15.0. The minimum atomic E-state index is 0.251. The van der Waals surface area contributed by atoms with Crippen LogP contribution in [0, 0.1) is 6.92 Å². The highest BCUT2D eigenvalue weighted by Crippen LogP contribution is 2.31. The van der Waals surface area contributed by atoms with Crippen LogP contribution >= 0.6 is 11.8 Å². The van der Waals surface area contributed by atoms with E-state index in [0.29, 0.717) is 0 Å². The van der Waals surface area contributed by atoms with E-state index in [9.17, 15) is 0 Å². The molecule has 0 fully saturated rings. The van der Waals surface area contributed by atoms with E-state index in [1.165, 1.54) is 20.9 Å². The minimum absolute atomic E-state index is 0.251. The number of hydrogen-bond acceptors (Lipinski definition) is 3. The Hall–Kier alpha value is -1.45. The fourth-order valence-electron chi connectivity index (χ4n) is 2.19. The molecule has 112 valence electrons. The first-order valence-electron chi connectivity index (χ1n) is 7.29. The van der Waals surface area contributed by atoms with Crippen molar-refractivity contribution in [2.45, 2.75) is 42.5 Å². The Morgan fingerprint density at radius 2 is 1.90 bits per heavy atom. The fraction of sp³-hybridized carbons (Fsp3) is 0.333. The quantitative estimate of drug-likeness (QED) is 0.857. The summed E-state index contributed by atoms with van der Waals surface area (Å²) in [4.78, 5) is 2.43. The van der Waals surface area contributed by atoms with E-state index in [1.807, 2.05) is 12.1 Å². The van der Waals surface area contributed by atoms with Gasteiger partial charge in [0.05, 0.1) is 7.11 Å². The van der Waals surface area contributed by atoms with Crippen LogP contribution in [0.25, 0.3) is 0 Å². The highest BCUT2D eigenvalue weighted by atomic mass is 32.2. The van der Waals surface area contributed by atoms with Gasteiger partial charge in [-0.15, -0.1) is 0 Å². The largest absolute Gasteiger partial charge is 0.497 e.